The number of carbonyl (C=O) groups excluding carboxylic acids is 2. The molecule has 6 nitrogen and oxygen atoms in total. The van der Waals surface area contributed by atoms with Crippen molar-refractivity contribution in [1.29, 1.82) is 0 Å². The topological polar surface area (TPSA) is 86.7 Å². The van der Waals surface area contributed by atoms with Crippen molar-refractivity contribution in [2.24, 2.45) is 17.8 Å². The van der Waals surface area contributed by atoms with Crippen molar-refractivity contribution in [2.75, 3.05) is 6.54 Å². The van der Waals surface area contributed by atoms with Crippen LogP contribution >= 0.6 is 0 Å². The maximum Gasteiger partial charge on any atom is 0.326 e. The predicted molar refractivity (Wildman–Crippen MR) is 90.3 cm³/mol. The van der Waals surface area contributed by atoms with Crippen molar-refractivity contribution in [3.63, 3.8) is 0 Å². The summed E-state index contributed by atoms with van der Waals surface area (Å²) >= 11 is 0. The average Bonchev–Trinajstić information content (AvgIpc) is 2.89. The van der Waals surface area contributed by atoms with Crippen LogP contribution in [-0.2, 0) is 14.4 Å². The van der Waals surface area contributed by atoms with Crippen molar-refractivity contribution >= 4 is 17.8 Å². The fraction of sp³-hybridized carbons (Fsp3) is 0.833. The molecule has 0 radical (unpaired) electrons. The summed E-state index contributed by atoms with van der Waals surface area (Å²) < 4.78 is 0. The lowest BCUT2D eigenvalue weighted by atomic mass is 9.86. The van der Waals surface area contributed by atoms with Crippen LogP contribution in [0.2, 0.25) is 0 Å². The highest BCUT2D eigenvalue weighted by Crippen LogP contribution is 2.31. The first-order valence-electron chi connectivity index (χ1n) is 9.10. The number of hydrogen-bond acceptors (Lipinski definition) is 3. The molecular formula is C18H30N2O4. The van der Waals surface area contributed by atoms with Gasteiger partial charge in [0.1, 0.15) is 6.04 Å². The molecule has 24 heavy (non-hydrogen) atoms. The Bertz CT molecular complexity index is 483. The molecule has 1 saturated heterocycles. The van der Waals surface area contributed by atoms with Gasteiger partial charge in [-0.05, 0) is 43.9 Å². The van der Waals surface area contributed by atoms with E-state index in [9.17, 15) is 19.5 Å². The van der Waals surface area contributed by atoms with Crippen LogP contribution in [0.25, 0.3) is 0 Å². The van der Waals surface area contributed by atoms with Crippen molar-refractivity contribution in [3.8, 4) is 0 Å². The molecule has 1 aliphatic carbocycles. The molecule has 2 unspecified atom stereocenters. The van der Waals surface area contributed by atoms with Crippen LogP contribution in [0, 0.1) is 17.8 Å². The maximum absolute atomic E-state index is 12.4. The SMILES string of the molecule is CC(C)CC(NC(=O)C1CC(=O)N(C2CCC(C)CC2)C1)C(=O)O. The molecule has 2 aliphatic rings. The molecule has 136 valence electrons. The highest BCUT2D eigenvalue weighted by atomic mass is 16.4. The van der Waals surface area contributed by atoms with Gasteiger partial charge in [0.25, 0.3) is 0 Å². The standard InChI is InChI=1S/C18H30N2O4/c1-11(2)8-15(18(23)24)19-17(22)13-9-16(21)20(10-13)14-6-4-12(3)5-7-14/h11-15H,4-10H2,1-3H3,(H,19,22)(H,23,24). The van der Waals surface area contributed by atoms with E-state index in [-0.39, 0.29) is 30.2 Å². The van der Waals surface area contributed by atoms with E-state index in [1.54, 1.807) is 0 Å². The number of rotatable bonds is 6. The lowest BCUT2D eigenvalue weighted by Gasteiger charge is -2.33. The normalized spacial score (nSPS) is 28.9. The molecule has 0 aromatic rings. The number of likely N-dealkylation sites (tertiary alicyclic amines) is 1. The van der Waals surface area contributed by atoms with Gasteiger partial charge in [0.2, 0.25) is 11.8 Å². The van der Waals surface area contributed by atoms with Gasteiger partial charge in [-0.2, -0.15) is 0 Å². The van der Waals surface area contributed by atoms with Crippen molar-refractivity contribution < 1.29 is 19.5 Å². The summed E-state index contributed by atoms with van der Waals surface area (Å²) in [7, 11) is 0. The smallest absolute Gasteiger partial charge is 0.326 e. The van der Waals surface area contributed by atoms with Crippen LogP contribution in [0.3, 0.4) is 0 Å². The van der Waals surface area contributed by atoms with Gasteiger partial charge in [0.05, 0.1) is 5.92 Å². The van der Waals surface area contributed by atoms with Crippen LogP contribution in [0.4, 0.5) is 0 Å². The molecule has 2 amide bonds. The summed E-state index contributed by atoms with van der Waals surface area (Å²) in [5.74, 6) is -0.818. The number of aliphatic carboxylic acids is 1. The molecule has 0 aromatic heterocycles. The number of nitrogens with one attached hydrogen (secondary N) is 1. The minimum Gasteiger partial charge on any atom is -0.480 e. The number of carbonyl (C=O) groups is 3. The molecule has 0 spiro atoms. The average molecular weight is 338 g/mol. The van der Waals surface area contributed by atoms with Gasteiger partial charge in [0, 0.05) is 19.0 Å². The molecule has 1 saturated carbocycles. The number of nitrogens with zero attached hydrogens (tertiary/aromatic N) is 1. The monoisotopic (exact) mass is 338 g/mol. The third-order valence-corrected chi connectivity index (χ3v) is 5.28. The summed E-state index contributed by atoms with van der Waals surface area (Å²) in [4.78, 5) is 37.9. The molecule has 2 rings (SSSR count). The Morgan fingerprint density at radius 3 is 2.42 bits per heavy atom. The van der Waals surface area contributed by atoms with Crippen LogP contribution in [0.5, 0.6) is 0 Å². The molecule has 2 N–H and O–H groups in total. The van der Waals surface area contributed by atoms with Crippen molar-refractivity contribution in [3.05, 3.63) is 0 Å². The van der Waals surface area contributed by atoms with Gasteiger partial charge >= 0.3 is 5.97 Å². The van der Waals surface area contributed by atoms with Crippen molar-refractivity contribution in [2.45, 2.75) is 71.4 Å². The van der Waals surface area contributed by atoms with E-state index in [0.29, 0.717) is 18.9 Å². The zero-order valence-corrected chi connectivity index (χ0v) is 15.0. The minimum atomic E-state index is -1.01. The van der Waals surface area contributed by atoms with Gasteiger partial charge in [-0.1, -0.05) is 20.8 Å². The van der Waals surface area contributed by atoms with Crippen LogP contribution in [0.15, 0.2) is 0 Å². The lowest BCUT2D eigenvalue weighted by molar-refractivity contribution is -0.142. The summed E-state index contributed by atoms with van der Waals surface area (Å²) in [5, 5.41) is 11.9. The zero-order valence-electron chi connectivity index (χ0n) is 15.0. The Hall–Kier alpha value is -1.59. The van der Waals surface area contributed by atoms with Crippen molar-refractivity contribution in [1.82, 2.24) is 10.2 Å². The molecular weight excluding hydrogens is 308 g/mol. The van der Waals surface area contributed by atoms with Gasteiger partial charge in [-0.15, -0.1) is 0 Å². The lowest BCUT2D eigenvalue weighted by Crippen LogP contribution is -2.45. The fourth-order valence-corrected chi connectivity index (χ4v) is 3.80. The van der Waals surface area contributed by atoms with E-state index in [0.717, 1.165) is 25.7 Å². The predicted octanol–water partition coefficient (Wildman–Crippen LogP) is 2.03. The van der Waals surface area contributed by atoms with E-state index in [1.807, 2.05) is 18.7 Å². The molecule has 6 heteroatoms. The quantitative estimate of drug-likeness (QED) is 0.776. The summed E-state index contributed by atoms with van der Waals surface area (Å²) in [6.45, 7) is 6.51. The number of carboxylic acid groups (broad SMARTS) is 1. The van der Waals surface area contributed by atoms with E-state index in [4.69, 9.17) is 0 Å². The minimum absolute atomic E-state index is 0.0328. The van der Waals surface area contributed by atoms with E-state index in [2.05, 4.69) is 12.2 Å². The van der Waals surface area contributed by atoms with E-state index < -0.39 is 17.9 Å². The number of carboxylic acids is 1. The van der Waals surface area contributed by atoms with Crippen LogP contribution in [0.1, 0.15) is 59.3 Å². The Labute approximate surface area is 144 Å². The largest absolute Gasteiger partial charge is 0.480 e. The molecule has 1 heterocycles. The summed E-state index contributed by atoms with van der Waals surface area (Å²) in [6.07, 6.45) is 4.86. The molecule has 0 bridgehead atoms. The van der Waals surface area contributed by atoms with Gasteiger partial charge < -0.3 is 15.3 Å². The molecule has 2 atom stereocenters. The molecule has 1 aliphatic heterocycles. The second kappa shape index (κ2) is 7.99. The van der Waals surface area contributed by atoms with Gasteiger partial charge in [0.15, 0.2) is 0 Å². The van der Waals surface area contributed by atoms with E-state index >= 15 is 0 Å². The molecule has 2 fully saturated rings. The Kier molecular flexibility index (Phi) is 6.24. The van der Waals surface area contributed by atoms with E-state index in [1.165, 1.54) is 0 Å². The van der Waals surface area contributed by atoms with Gasteiger partial charge in [-0.3, -0.25) is 9.59 Å². The molecule has 0 aromatic carbocycles. The Morgan fingerprint density at radius 2 is 1.88 bits per heavy atom. The third kappa shape index (κ3) is 4.71. The maximum atomic E-state index is 12.4. The first-order valence-corrected chi connectivity index (χ1v) is 9.10. The highest BCUT2D eigenvalue weighted by Gasteiger charge is 2.39. The summed E-state index contributed by atoms with van der Waals surface area (Å²) in [5.41, 5.74) is 0. The number of hydrogen-bond donors (Lipinski definition) is 2. The second-order valence-corrected chi connectivity index (χ2v) is 7.89. The Balaban J connectivity index is 1.91. The fourth-order valence-electron chi connectivity index (χ4n) is 3.80. The Morgan fingerprint density at radius 1 is 1.25 bits per heavy atom. The summed E-state index contributed by atoms with van der Waals surface area (Å²) in [6, 6.07) is -0.630. The number of amides is 2. The van der Waals surface area contributed by atoms with Crippen LogP contribution < -0.4 is 5.32 Å². The third-order valence-electron chi connectivity index (χ3n) is 5.28. The van der Waals surface area contributed by atoms with Gasteiger partial charge in [-0.25, -0.2) is 4.79 Å². The van der Waals surface area contributed by atoms with Crippen LogP contribution in [-0.4, -0.2) is 46.4 Å². The highest BCUT2D eigenvalue weighted by molar-refractivity contribution is 5.91. The first-order chi connectivity index (χ1) is 11.3. The second-order valence-electron chi connectivity index (χ2n) is 7.89. The zero-order chi connectivity index (χ0) is 17.9. The first kappa shape index (κ1) is 18.7.